The lowest BCUT2D eigenvalue weighted by Gasteiger charge is -2.06. The van der Waals surface area contributed by atoms with Gasteiger partial charge in [-0.25, -0.2) is 4.39 Å². The molecule has 0 fully saturated rings. The van der Waals surface area contributed by atoms with Crippen LogP contribution < -0.4 is 4.74 Å². The molecule has 20 heavy (non-hydrogen) atoms. The Morgan fingerprint density at radius 2 is 1.95 bits per heavy atom. The maximum absolute atomic E-state index is 13.5. The molecule has 0 aliphatic carbocycles. The van der Waals surface area contributed by atoms with Crippen LogP contribution in [-0.2, 0) is 4.74 Å². The normalized spacial score (nSPS) is 10.6. The van der Waals surface area contributed by atoms with E-state index in [1.54, 1.807) is 6.07 Å². The van der Waals surface area contributed by atoms with Crippen LogP contribution in [0.15, 0.2) is 18.2 Å². The van der Waals surface area contributed by atoms with E-state index in [4.69, 9.17) is 9.47 Å². The van der Waals surface area contributed by atoms with Crippen molar-refractivity contribution in [2.75, 3.05) is 20.3 Å². The Hall–Kier alpha value is -1.42. The van der Waals surface area contributed by atoms with Gasteiger partial charge in [0.25, 0.3) is 0 Å². The lowest BCUT2D eigenvalue weighted by atomic mass is 10.1. The van der Waals surface area contributed by atoms with Crippen LogP contribution in [0.5, 0.6) is 5.75 Å². The molecule has 0 radical (unpaired) electrons. The number of hydrogen-bond donors (Lipinski definition) is 0. The maximum atomic E-state index is 13.5. The van der Waals surface area contributed by atoms with Gasteiger partial charge in [0.15, 0.2) is 17.3 Å². The topological polar surface area (TPSA) is 35.5 Å². The van der Waals surface area contributed by atoms with Gasteiger partial charge in [-0.05, 0) is 24.6 Å². The highest BCUT2D eigenvalue weighted by atomic mass is 19.1. The molecule has 0 unspecified atom stereocenters. The molecule has 0 bridgehead atoms. The Bertz CT molecular complexity index is 418. The van der Waals surface area contributed by atoms with Crippen molar-refractivity contribution < 1.29 is 18.7 Å². The third-order valence-electron chi connectivity index (χ3n) is 3.10. The fraction of sp³-hybridized carbons (Fsp3) is 0.562. The minimum atomic E-state index is -0.530. The van der Waals surface area contributed by atoms with E-state index in [1.165, 1.54) is 38.5 Å². The first kappa shape index (κ1) is 16.6. The van der Waals surface area contributed by atoms with E-state index in [0.29, 0.717) is 12.2 Å². The fourth-order valence-electron chi connectivity index (χ4n) is 1.90. The van der Waals surface area contributed by atoms with E-state index in [2.05, 4.69) is 6.92 Å². The molecule has 0 saturated carbocycles. The Morgan fingerprint density at radius 3 is 2.60 bits per heavy atom. The molecule has 0 aliphatic heterocycles. The molecule has 0 spiro atoms. The van der Waals surface area contributed by atoms with E-state index < -0.39 is 5.82 Å². The van der Waals surface area contributed by atoms with Crippen molar-refractivity contribution in [3.63, 3.8) is 0 Å². The van der Waals surface area contributed by atoms with Crippen LogP contribution in [0.25, 0.3) is 0 Å². The highest BCUT2D eigenvalue weighted by molar-refractivity contribution is 5.97. The van der Waals surface area contributed by atoms with Crippen molar-refractivity contribution in [2.24, 2.45) is 0 Å². The van der Waals surface area contributed by atoms with Gasteiger partial charge in [-0.3, -0.25) is 4.79 Å². The minimum absolute atomic E-state index is 0.000450. The quantitative estimate of drug-likeness (QED) is 0.480. The van der Waals surface area contributed by atoms with E-state index in [-0.39, 0.29) is 18.1 Å². The number of methoxy groups -OCH3 is 1. The van der Waals surface area contributed by atoms with Crippen LogP contribution in [0.4, 0.5) is 4.39 Å². The van der Waals surface area contributed by atoms with Crippen molar-refractivity contribution in [2.45, 2.75) is 39.0 Å². The zero-order valence-electron chi connectivity index (χ0n) is 12.3. The van der Waals surface area contributed by atoms with Crippen molar-refractivity contribution in [1.29, 1.82) is 0 Å². The molecular weight excluding hydrogens is 259 g/mol. The summed E-state index contributed by atoms with van der Waals surface area (Å²) in [7, 11) is 1.39. The molecule has 112 valence electrons. The molecule has 1 aromatic carbocycles. The smallest absolute Gasteiger partial charge is 0.188 e. The van der Waals surface area contributed by atoms with Gasteiger partial charge in [0.1, 0.15) is 6.61 Å². The number of rotatable bonds is 10. The second-order valence-corrected chi connectivity index (χ2v) is 4.74. The van der Waals surface area contributed by atoms with Crippen LogP contribution in [-0.4, -0.2) is 26.1 Å². The summed E-state index contributed by atoms with van der Waals surface area (Å²) in [5.74, 6) is -0.601. The van der Waals surface area contributed by atoms with Gasteiger partial charge in [-0.15, -0.1) is 0 Å². The van der Waals surface area contributed by atoms with Gasteiger partial charge in [-0.1, -0.05) is 32.6 Å². The molecule has 0 aliphatic rings. The number of unbranched alkanes of at least 4 members (excludes halogenated alkanes) is 4. The monoisotopic (exact) mass is 282 g/mol. The summed E-state index contributed by atoms with van der Waals surface area (Å²) in [4.78, 5) is 11.8. The first-order valence-electron chi connectivity index (χ1n) is 7.13. The molecule has 0 heterocycles. The average molecular weight is 282 g/mol. The number of ether oxygens (including phenoxy) is 2. The molecule has 0 N–H and O–H groups in total. The SMILES string of the molecule is CCCCCCCOCC(=O)c1ccc(OC)c(F)c1. The van der Waals surface area contributed by atoms with Gasteiger partial charge in [0.2, 0.25) is 0 Å². The van der Waals surface area contributed by atoms with Crippen LogP contribution in [0.2, 0.25) is 0 Å². The molecule has 0 saturated heterocycles. The van der Waals surface area contributed by atoms with E-state index in [1.807, 2.05) is 0 Å². The summed E-state index contributed by atoms with van der Waals surface area (Å²) in [5, 5.41) is 0. The molecule has 0 aromatic heterocycles. The second kappa shape index (κ2) is 9.48. The zero-order chi connectivity index (χ0) is 14.8. The number of benzene rings is 1. The van der Waals surface area contributed by atoms with Crippen molar-refractivity contribution in [3.8, 4) is 5.75 Å². The number of ketones is 1. The van der Waals surface area contributed by atoms with Crippen molar-refractivity contribution >= 4 is 5.78 Å². The van der Waals surface area contributed by atoms with Crippen molar-refractivity contribution in [3.05, 3.63) is 29.6 Å². The van der Waals surface area contributed by atoms with Gasteiger partial charge in [0.05, 0.1) is 7.11 Å². The maximum Gasteiger partial charge on any atom is 0.188 e. The Morgan fingerprint density at radius 1 is 1.20 bits per heavy atom. The van der Waals surface area contributed by atoms with Gasteiger partial charge < -0.3 is 9.47 Å². The van der Waals surface area contributed by atoms with Crippen LogP contribution in [0.1, 0.15) is 49.4 Å². The Labute approximate surface area is 120 Å². The van der Waals surface area contributed by atoms with Gasteiger partial charge >= 0.3 is 0 Å². The lowest BCUT2D eigenvalue weighted by Crippen LogP contribution is -2.10. The molecule has 1 aromatic rings. The number of hydrogen-bond acceptors (Lipinski definition) is 3. The summed E-state index contributed by atoms with van der Waals surface area (Å²) < 4.78 is 23.6. The first-order valence-corrected chi connectivity index (χ1v) is 7.13. The summed E-state index contributed by atoms with van der Waals surface area (Å²) in [6.07, 6.45) is 5.74. The van der Waals surface area contributed by atoms with Gasteiger partial charge in [0, 0.05) is 12.2 Å². The molecule has 4 heteroatoms. The zero-order valence-corrected chi connectivity index (χ0v) is 12.3. The number of halogens is 1. The summed E-state index contributed by atoms with van der Waals surface area (Å²) in [6.45, 7) is 2.75. The highest BCUT2D eigenvalue weighted by Crippen LogP contribution is 2.18. The Kier molecular flexibility index (Phi) is 7.88. The van der Waals surface area contributed by atoms with E-state index in [9.17, 15) is 9.18 Å². The molecular formula is C16H23FO3. The third kappa shape index (κ3) is 5.70. The first-order chi connectivity index (χ1) is 9.69. The second-order valence-electron chi connectivity index (χ2n) is 4.74. The fourth-order valence-corrected chi connectivity index (χ4v) is 1.90. The summed E-state index contributed by atoms with van der Waals surface area (Å²) >= 11 is 0. The number of carbonyl (C=O) groups is 1. The minimum Gasteiger partial charge on any atom is -0.494 e. The summed E-state index contributed by atoms with van der Waals surface area (Å²) in [5.41, 5.74) is 0.314. The highest BCUT2D eigenvalue weighted by Gasteiger charge is 2.10. The van der Waals surface area contributed by atoms with E-state index in [0.717, 1.165) is 12.8 Å². The van der Waals surface area contributed by atoms with Gasteiger partial charge in [-0.2, -0.15) is 0 Å². The molecule has 1 rings (SSSR count). The average Bonchev–Trinajstić information content (AvgIpc) is 2.46. The molecule has 0 atom stereocenters. The van der Waals surface area contributed by atoms with Crippen LogP contribution >= 0.6 is 0 Å². The molecule has 3 nitrogen and oxygen atoms in total. The predicted octanol–water partition coefficient (Wildman–Crippen LogP) is 4.00. The van der Waals surface area contributed by atoms with E-state index >= 15 is 0 Å². The predicted molar refractivity (Wildman–Crippen MR) is 76.9 cm³/mol. The third-order valence-corrected chi connectivity index (χ3v) is 3.10. The standard InChI is InChI=1S/C16H23FO3/c1-3-4-5-6-7-10-20-12-15(18)13-8-9-16(19-2)14(17)11-13/h8-9,11H,3-7,10,12H2,1-2H3. The number of carbonyl (C=O) groups excluding carboxylic acids is 1. The molecule has 0 amide bonds. The number of Topliss-reactive ketones (excluding diaryl/α,β-unsaturated/α-hetero) is 1. The Balaban J connectivity index is 2.27. The largest absolute Gasteiger partial charge is 0.494 e. The van der Waals surface area contributed by atoms with Crippen molar-refractivity contribution in [1.82, 2.24) is 0 Å². The van der Waals surface area contributed by atoms with Crippen LogP contribution in [0.3, 0.4) is 0 Å². The lowest BCUT2D eigenvalue weighted by molar-refractivity contribution is 0.0752. The van der Waals surface area contributed by atoms with Crippen LogP contribution in [0, 0.1) is 5.82 Å². The summed E-state index contributed by atoms with van der Waals surface area (Å²) in [6, 6.07) is 4.19.